The molecule has 1 N–H and O–H groups in total. The van der Waals surface area contributed by atoms with Crippen LogP contribution >= 0.6 is 24.0 Å². The third-order valence-corrected chi connectivity index (χ3v) is 5.48. The zero-order chi connectivity index (χ0) is 19.0. The smallest absolute Gasteiger partial charge is 0.335 e. The van der Waals surface area contributed by atoms with E-state index in [-0.39, 0.29) is 18.3 Å². The van der Waals surface area contributed by atoms with Crippen molar-refractivity contribution >= 4 is 46.3 Å². The van der Waals surface area contributed by atoms with Crippen LogP contribution in [0.15, 0.2) is 47.4 Å². The molecule has 8 heteroatoms. The third-order valence-electron chi connectivity index (χ3n) is 4.11. The molecule has 2 aromatic carbocycles. The Morgan fingerprint density at radius 3 is 2.67 bits per heavy atom. The third kappa shape index (κ3) is 3.54. The van der Waals surface area contributed by atoms with Crippen LogP contribution in [-0.2, 0) is 11.3 Å². The summed E-state index contributed by atoms with van der Waals surface area (Å²) in [6, 6.07) is 11.9. The molecular formula is C19H13NO5S2. The minimum absolute atomic E-state index is 0.176. The van der Waals surface area contributed by atoms with Crippen molar-refractivity contribution in [2.75, 3.05) is 6.79 Å². The van der Waals surface area contributed by atoms with Gasteiger partial charge in [0.05, 0.1) is 17.0 Å². The number of carboxylic acid groups (broad SMARTS) is 1. The molecule has 1 saturated heterocycles. The van der Waals surface area contributed by atoms with Crippen LogP contribution in [0.25, 0.3) is 6.08 Å². The second kappa shape index (κ2) is 7.05. The van der Waals surface area contributed by atoms with Gasteiger partial charge in [-0.2, -0.15) is 0 Å². The standard InChI is InChI=1S/C19H13NO5S2/c21-17-16(8-11-1-4-13(5-2-11)18(22)23)27-19(26)20(17)9-12-3-6-14-15(7-12)25-10-24-14/h1-8H,9-10H2,(H,22,23). The predicted octanol–water partition coefficient (Wildman–Crippen LogP) is 3.51. The zero-order valence-corrected chi connectivity index (χ0v) is 15.5. The van der Waals surface area contributed by atoms with Crippen molar-refractivity contribution in [1.29, 1.82) is 0 Å². The maximum Gasteiger partial charge on any atom is 0.335 e. The van der Waals surface area contributed by atoms with Crippen molar-refractivity contribution in [3.05, 3.63) is 64.1 Å². The van der Waals surface area contributed by atoms with E-state index in [9.17, 15) is 9.59 Å². The molecule has 0 aliphatic carbocycles. The fourth-order valence-electron chi connectivity index (χ4n) is 2.73. The Morgan fingerprint density at radius 2 is 1.93 bits per heavy atom. The Morgan fingerprint density at radius 1 is 1.19 bits per heavy atom. The number of hydrogen-bond donors (Lipinski definition) is 1. The van der Waals surface area contributed by atoms with Crippen molar-refractivity contribution in [2.45, 2.75) is 6.54 Å². The van der Waals surface area contributed by atoms with E-state index in [0.717, 1.165) is 11.1 Å². The first kappa shape index (κ1) is 17.6. The highest BCUT2D eigenvalue weighted by atomic mass is 32.2. The lowest BCUT2D eigenvalue weighted by molar-refractivity contribution is -0.122. The number of carboxylic acids is 1. The normalized spacial score (nSPS) is 17.0. The Kier molecular flexibility index (Phi) is 4.59. The van der Waals surface area contributed by atoms with Gasteiger partial charge in [-0.15, -0.1) is 0 Å². The molecular weight excluding hydrogens is 386 g/mol. The van der Waals surface area contributed by atoms with Crippen molar-refractivity contribution < 1.29 is 24.2 Å². The summed E-state index contributed by atoms with van der Waals surface area (Å²) in [4.78, 5) is 25.7. The molecule has 4 rings (SSSR count). The topological polar surface area (TPSA) is 76.1 Å². The maximum absolute atomic E-state index is 12.7. The van der Waals surface area contributed by atoms with E-state index in [1.807, 2.05) is 18.2 Å². The van der Waals surface area contributed by atoms with Crippen molar-refractivity contribution in [3.8, 4) is 11.5 Å². The number of ether oxygens (including phenoxy) is 2. The summed E-state index contributed by atoms with van der Waals surface area (Å²) in [5.41, 5.74) is 1.83. The number of thioether (sulfide) groups is 1. The Labute approximate surface area is 164 Å². The van der Waals surface area contributed by atoms with Gasteiger partial charge in [0.25, 0.3) is 5.91 Å². The minimum atomic E-state index is -0.989. The first-order valence-electron chi connectivity index (χ1n) is 7.98. The van der Waals surface area contributed by atoms with Crippen LogP contribution in [-0.4, -0.2) is 33.0 Å². The number of carbonyl (C=O) groups is 2. The fourth-order valence-corrected chi connectivity index (χ4v) is 3.99. The van der Waals surface area contributed by atoms with E-state index < -0.39 is 5.97 Å². The van der Waals surface area contributed by atoms with Crippen molar-refractivity contribution in [1.82, 2.24) is 4.90 Å². The van der Waals surface area contributed by atoms with Crippen molar-refractivity contribution in [3.63, 3.8) is 0 Å². The van der Waals surface area contributed by atoms with E-state index >= 15 is 0 Å². The summed E-state index contributed by atoms with van der Waals surface area (Å²) in [7, 11) is 0. The first-order valence-corrected chi connectivity index (χ1v) is 9.21. The Balaban J connectivity index is 1.52. The molecule has 1 amide bonds. The SMILES string of the molecule is O=C(O)c1ccc(C=C2SC(=S)N(Cc3ccc4c(c3)OCO4)C2=O)cc1. The van der Waals surface area contributed by atoms with Gasteiger partial charge >= 0.3 is 5.97 Å². The van der Waals surface area contributed by atoms with E-state index in [0.29, 0.717) is 27.3 Å². The molecule has 0 saturated carbocycles. The molecule has 2 aliphatic rings. The maximum atomic E-state index is 12.7. The zero-order valence-electron chi connectivity index (χ0n) is 13.9. The number of thiocarbonyl (C=S) groups is 1. The van der Waals surface area contributed by atoms with Crippen molar-refractivity contribution in [2.24, 2.45) is 0 Å². The van der Waals surface area contributed by atoms with Crippen LogP contribution in [0, 0.1) is 0 Å². The molecule has 2 heterocycles. The summed E-state index contributed by atoms with van der Waals surface area (Å²) < 4.78 is 11.1. The average Bonchev–Trinajstić information content (AvgIpc) is 3.22. The monoisotopic (exact) mass is 399 g/mol. The molecule has 27 heavy (non-hydrogen) atoms. The number of benzene rings is 2. The molecule has 6 nitrogen and oxygen atoms in total. The highest BCUT2D eigenvalue weighted by Gasteiger charge is 2.32. The summed E-state index contributed by atoms with van der Waals surface area (Å²) >= 11 is 6.59. The van der Waals surface area contributed by atoms with Crippen LogP contribution in [0.1, 0.15) is 21.5 Å². The highest BCUT2D eigenvalue weighted by molar-refractivity contribution is 8.26. The average molecular weight is 399 g/mol. The number of nitrogens with zero attached hydrogens (tertiary/aromatic N) is 1. The van der Waals surface area contributed by atoms with Gasteiger partial charge in [0, 0.05) is 0 Å². The van der Waals surface area contributed by atoms with Gasteiger partial charge in [0.1, 0.15) is 4.32 Å². The number of hydrogen-bond acceptors (Lipinski definition) is 6. The van der Waals surface area contributed by atoms with Gasteiger partial charge in [-0.25, -0.2) is 4.79 Å². The van der Waals surface area contributed by atoms with Crippen LogP contribution in [0.2, 0.25) is 0 Å². The lowest BCUT2D eigenvalue weighted by atomic mass is 10.1. The van der Waals surface area contributed by atoms with E-state index in [1.54, 1.807) is 18.2 Å². The van der Waals surface area contributed by atoms with E-state index in [2.05, 4.69) is 0 Å². The lowest BCUT2D eigenvalue weighted by Gasteiger charge is -2.14. The van der Waals surface area contributed by atoms with Gasteiger partial charge in [-0.05, 0) is 41.5 Å². The van der Waals surface area contributed by atoms with Gasteiger partial charge in [0.2, 0.25) is 6.79 Å². The summed E-state index contributed by atoms with van der Waals surface area (Å²) in [5, 5.41) is 8.96. The molecule has 136 valence electrons. The lowest BCUT2D eigenvalue weighted by Crippen LogP contribution is -2.27. The molecule has 0 radical (unpaired) electrons. The number of aromatic carboxylic acids is 1. The highest BCUT2D eigenvalue weighted by Crippen LogP contribution is 2.36. The van der Waals surface area contributed by atoms with E-state index in [1.165, 1.54) is 28.8 Å². The van der Waals surface area contributed by atoms with Gasteiger partial charge in [-0.3, -0.25) is 9.69 Å². The number of carbonyl (C=O) groups excluding carboxylic acids is 1. The first-order chi connectivity index (χ1) is 13.0. The predicted molar refractivity (Wildman–Crippen MR) is 105 cm³/mol. The van der Waals surface area contributed by atoms with Crippen LogP contribution in [0.3, 0.4) is 0 Å². The summed E-state index contributed by atoms with van der Waals surface area (Å²) in [5.74, 6) is 0.183. The Hall–Kier alpha value is -2.84. The minimum Gasteiger partial charge on any atom is -0.478 e. The molecule has 0 unspecified atom stereocenters. The van der Waals surface area contributed by atoms with Gasteiger partial charge < -0.3 is 14.6 Å². The number of amides is 1. The molecule has 0 atom stereocenters. The molecule has 0 spiro atoms. The molecule has 0 aromatic heterocycles. The van der Waals surface area contributed by atoms with Crippen LogP contribution in [0.4, 0.5) is 0 Å². The van der Waals surface area contributed by atoms with E-state index in [4.69, 9.17) is 26.8 Å². The molecule has 2 aromatic rings. The van der Waals surface area contributed by atoms with Gasteiger partial charge in [0.15, 0.2) is 11.5 Å². The number of fused-ring (bicyclic) bond motifs is 1. The second-order valence-electron chi connectivity index (χ2n) is 5.88. The second-order valence-corrected chi connectivity index (χ2v) is 7.56. The number of rotatable bonds is 4. The largest absolute Gasteiger partial charge is 0.478 e. The molecule has 1 fully saturated rings. The fraction of sp³-hybridized carbons (Fsp3) is 0.105. The summed E-state index contributed by atoms with van der Waals surface area (Å²) in [6.07, 6.45) is 1.71. The van der Waals surface area contributed by atoms with Crippen LogP contribution in [0.5, 0.6) is 11.5 Å². The molecule has 0 bridgehead atoms. The quantitative estimate of drug-likeness (QED) is 0.623. The Bertz CT molecular complexity index is 984. The molecule has 2 aliphatic heterocycles. The van der Waals surface area contributed by atoms with Gasteiger partial charge in [-0.1, -0.05) is 42.2 Å². The summed E-state index contributed by atoms with van der Waals surface area (Å²) in [6.45, 7) is 0.542. The van der Waals surface area contributed by atoms with Crippen LogP contribution < -0.4 is 9.47 Å².